The highest BCUT2D eigenvalue weighted by Crippen LogP contribution is 2.27. The van der Waals surface area contributed by atoms with Crippen LogP contribution in [0.25, 0.3) is 0 Å². The van der Waals surface area contributed by atoms with Gasteiger partial charge in [0.2, 0.25) is 11.8 Å². The van der Waals surface area contributed by atoms with Gasteiger partial charge < -0.3 is 19.9 Å². The van der Waals surface area contributed by atoms with Crippen molar-refractivity contribution in [1.29, 1.82) is 0 Å². The predicted molar refractivity (Wildman–Crippen MR) is 121 cm³/mol. The zero-order valence-corrected chi connectivity index (χ0v) is 18.7. The number of carbonyl (C=O) groups is 2. The molecule has 1 N–H and O–H groups in total. The third kappa shape index (κ3) is 5.15. The van der Waals surface area contributed by atoms with E-state index >= 15 is 0 Å². The Labute approximate surface area is 182 Å². The number of hydrogen-bond donors (Lipinski definition) is 1. The Kier molecular flexibility index (Phi) is 7.39. The molecule has 0 radical (unpaired) electrons. The van der Waals surface area contributed by atoms with Gasteiger partial charge in [0.1, 0.15) is 5.75 Å². The van der Waals surface area contributed by atoms with E-state index in [0.29, 0.717) is 13.1 Å². The van der Waals surface area contributed by atoms with Gasteiger partial charge in [-0.25, -0.2) is 0 Å². The van der Waals surface area contributed by atoms with E-state index in [1.165, 1.54) is 0 Å². The van der Waals surface area contributed by atoms with E-state index in [9.17, 15) is 9.59 Å². The van der Waals surface area contributed by atoms with Crippen LogP contribution < -0.4 is 15.0 Å². The number of rotatable bonds is 8. The monoisotopic (exact) mass is 427 g/mol. The minimum absolute atomic E-state index is 0.00799. The largest absolute Gasteiger partial charge is 0.497 e. The molecule has 3 rings (SSSR count). The smallest absolute Gasteiger partial charge is 0.227 e. The first-order chi connectivity index (χ1) is 14.4. The number of anilines is 1. The van der Waals surface area contributed by atoms with Gasteiger partial charge in [0.15, 0.2) is 0 Å². The number of amides is 2. The van der Waals surface area contributed by atoms with Crippen LogP contribution in [0.2, 0.25) is 0 Å². The van der Waals surface area contributed by atoms with Gasteiger partial charge in [-0.05, 0) is 62.3 Å². The van der Waals surface area contributed by atoms with Crippen molar-refractivity contribution < 1.29 is 14.3 Å². The van der Waals surface area contributed by atoms with Gasteiger partial charge in [-0.3, -0.25) is 9.59 Å². The lowest BCUT2D eigenvalue weighted by Crippen LogP contribution is -2.38. The minimum atomic E-state index is -0.337. The van der Waals surface area contributed by atoms with Crippen LogP contribution >= 0.6 is 11.8 Å². The maximum absolute atomic E-state index is 12.8. The molecule has 2 unspecified atom stereocenters. The van der Waals surface area contributed by atoms with Crippen molar-refractivity contribution in [2.24, 2.45) is 5.92 Å². The maximum Gasteiger partial charge on any atom is 0.227 e. The summed E-state index contributed by atoms with van der Waals surface area (Å²) in [5.74, 6) is 0.380. The number of methoxy groups -OCH3 is 1. The highest BCUT2D eigenvalue weighted by atomic mass is 32.2. The molecular weight excluding hydrogens is 398 g/mol. The van der Waals surface area contributed by atoms with Gasteiger partial charge in [-0.2, -0.15) is 0 Å². The number of hydrogen-bond acceptors (Lipinski definition) is 5. The Morgan fingerprint density at radius 2 is 1.87 bits per heavy atom. The van der Waals surface area contributed by atoms with E-state index in [4.69, 9.17) is 4.74 Å². The van der Waals surface area contributed by atoms with E-state index in [0.717, 1.165) is 21.9 Å². The van der Waals surface area contributed by atoms with Crippen LogP contribution in [0.3, 0.4) is 0 Å². The fourth-order valence-electron chi connectivity index (χ4n) is 3.66. The molecule has 7 heteroatoms. The summed E-state index contributed by atoms with van der Waals surface area (Å²) in [5.41, 5.74) is 1.94. The fourth-order valence-corrected chi connectivity index (χ4v) is 4.07. The summed E-state index contributed by atoms with van der Waals surface area (Å²) < 4.78 is 5.22. The molecule has 0 spiro atoms. The second kappa shape index (κ2) is 10.00. The van der Waals surface area contributed by atoms with Crippen LogP contribution in [-0.2, 0) is 9.59 Å². The number of benzene rings is 2. The third-order valence-corrected chi connectivity index (χ3v) is 6.22. The van der Waals surface area contributed by atoms with Gasteiger partial charge in [0.25, 0.3) is 0 Å². The molecule has 2 aromatic rings. The Hall–Kier alpha value is -2.51. The molecule has 160 valence electrons. The number of likely N-dealkylation sites (N-methyl/N-ethyl adjacent to an activating group) is 1. The molecule has 0 bridgehead atoms. The molecule has 0 aromatic heterocycles. The van der Waals surface area contributed by atoms with E-state index in [1.54, 1.807) is 23.8 Å². The molecule has 2 atom stereocenters. The third-order valence-electron chi connectivity index (χ3n) is 5.47. The maximum atomic E-state index is 12.8. The molecule has 2 aromatic carbocycles. The highest BCUT2D eigenvalue weighted by Gasteiger charge is 2.35. The Morgan fingerprint density at radius 1 is 1.20 bits per heavy atom. The zero-order chi connectivity index (χ0) is 21.7. The van der Waals surface area contributed by atoms with Crippen molar-refractivity contribution in [1.82, 2.24) is 10.2 Å². The van der Waals surface area contributed by atoms with E-state index in [1.807, 2.05) is 68.9 Å². The molecule has 1 aliphatic heterocycles. The standard InChI is InChI=1S/C23H29N3O3S/c1-25(2)21(16-5-9-19(29-3)10-6-16)14-24-23(28)17-13-22(27)26(15-17)18-7-11-20(30-4)12-8-18/h5-12,17,21H,13-15H2,1-4H3,(H,24,28). The van der Waals surface area contributed by atoms with Crippen molar-refractivity contribution in [3.8, 4) is 5.75 Å². The van der Waals surface area contributed by atoms with Gasteiger partial charge in [0.05, 0.1) is 19.1 Å². The average molecular weight is 428 g/mol. The number of carbonyl (C=O) groups excluding carboxylic acids is 2. The first kappa shape index (κ1) is 22.2. The Morgan fingerprint density at radius 3 is 2.43 bits per heavy atom. The lowest BCUT2D eigenvalue weighted by atomic mass is 10.0. The van der Waals surface area contributed by atoms with Gasteiger partial charge in [-0.15, -0.1) is 11.8 Å². The number of nitrogens with one attached hydrogen (secondary N) is 1. The van der Waals surface area contributed by atoms with Crippen LogP contribution in [0.15, 0.2) is 53.4 Å². The first-order valence-electron chi connectivity index (χ1n) is 9.95. The molecule has 2 amide bonds. The Bertz CT molecular complexity index is 868. The molecule has 1 aliphatic rings. The van der Waals surface area contributed by atoms with Crippen molar-refractivity contribution in [2.45, 2.75) is 17.4 Å². The number of nitrogens with zero attached hydrogens (tertiary/aromatic N) is 2. The minimum Gasteiger partial charge on any atom is -0.497 e. The SMILES string of the molecule is COc1ccc(C(CNC(=O)C2CC(=O)N(c3ccc(SC)cc3)C2)N(C)C)cc1. The lowest BCUT2D eigenvalue weighted by Gasteiger charge is -2.26. The quantitative estimate of drug-likeness (QED) is 0.656. The molecule has 1 heterocycles. The Balaban J connectivity index is 1.61. The summed E-state index contributed by atoms with van der Waals surface area (Å²) in [6, 6.07) is 15.8. The first-order valence-corrected chi connectivity index (χ1v) is 11.2. The predicted octanol–water partition coefficient (Wildman–Crippen LogP) is 3.19. The zero-order valence-electron chi connectivity index (χ0n) is 17.9. The summed E-state index contributed by atoms with van der Waals surface area (Å²) >= 11 is 1.66. The normalized spacial score (nSPS) is 17.3. The topological polar surface area (TPSA) is 61.9 Å². The average Bonchev–Trinajstić information content (AvgIpc) is 3.15. The molecular formula is C23H29N3O3S. The van der Waals surface area contributed by atoms with Crippen molar-refractivity contribution in [3.05, 3.63) is 54.1 Å². The summed E-state index contributed by atoms with van der Waals surface area (Å²) in [6.45, 7) is 0.893. The summed E-state index contributed by atoms with van der Waals surface area (Å²) in [7, 11) is 5.61. The molecule has 0 aliphatic carbocycles. The van der Waals surface area contributed by atoms with Gasteiger partial charge in [0, 0.05) is 30.1 Å². The van der Waals surface area contributed by atoms with Crippen molar-refractivity contribution >= 4 is 29.3 Å². The second-order valence-electron chi connectivity index (χ2n) is 7.60. The molecule has 6 nitrogen and oxygen atoms in total. The van der Waals surface area contributed by atoms with E-state index in [2.05, 4.69) is 10.2 Å². The van der Waals surface area contributed by atoms with E-state index in [-0.39, 0.29) is 30.2 Å². The highest BCUT2D eigenvalue weighted by molar-refractivity contribution is 7.98. The van der Waals surface area contributed by atoms with Crippen LogP contribution in [0.4, 0.5) is 5.69 Å². The molecule has 1 fully saturated rings. The van der Waals surface area contributed by atoms with Crippen molar-refractivity contribution in [3.63, 3.8) is 0 Å². The number of thioether (sulfide) groups is 1. The van der Waals surface area contributed by atoms with Crippen LogP contribution in [0.5, 0.6) is 5.75 Å². The molecule has 1 saturated heterocycles. The fraction of sp³-hybridized carbons (Fsp3) is 0.391. The second-order valence-corrected chi connectivity index (χ2v) is 8.48. The summed E-state index contributed by atoms with van der Waals surface area (Å²) in [4.78, 5) is 30.2. The van der Waals surface area contributed by atoms with Crippen LogP contribution in [0.1, 0.15) is 18.0 Å². The summed E-state index contributed by atoms with van der Waals surface area (Å²) in [6.07, 6.45) is 2.26. The summed E-state index contributed by atoms with van der Waals surface area (Å²) in [5, 5.41) is 3.05. The molecule has 30 heavy (non-hydrogen) atoms. The van der Waals surface area contributed by atoms with E-state index < -0.39 is 0 Å². The molecule has 0 saturated carbocycles. The number of ether oxygens (including phenoxy) is 1. The van der Waals surface area contributed by atoms with Gasteiger partial charge in [-0.1, -0.05) is 12.1 Å². The van der Waals surface area contributed by atoms with Crippen LogP contribution in [0, 0.1) is 5.92 Å². The van der Waals surface area contributed by atoms with Crippen LogP contribution in [-0.4, -0.2) is 57.3 Å². The van der Waals surface area contributed by atoms with Crippen molar-refractivity contribution in [2.75, 3.05) is 45.5 Å². The van der Waals surface area contributed by atoms with Gasteiger partial charge >= 0.3 is 0 Å². The lowest BCUT2D eigenvalue weighted by molar-refractivity contribution is -0.126.